The van der Waals surface area contributed by atoms with Gasteiger partial charge in [0.05, 0.1) is 18.4 Å². The summed E-state index contributed by atoms with van der Waals surface area (Å²) < 4.78 is 5.47. The van der Waals surface area contributed by atoms with Gasteiger partial charge in [0.25, 0.3) is 11.8 Å². The molecule has 7 heteroatoms. The molecule has 2 rings (SSSR count). The van der Waals surface area contributed by atoms with Gasteiger partial charge in [0.2, 0.25) is 0 Å². The summed E-state index contributed by atoms with van der Waals surface area (Å²) in [5.74, 6) is 0.875. The number of aliphatic hydroxyl groups is 1. The second-order valence-corrected chi connectivity index (χ2v) is 9.70. The minimum absolute atomic E-state index is 0.0621. The highest BCUT2D eigenvalue weighted by molar-refractivity contribution is 6.00. The normalized spacial score (nSPS) is 13.0. The maximum atomic E-state index is 13.3. The lowest BCUT2D eigenvalue weighted by Gasteiger charge is -2.25. The Morgan fingerprint density at radius 3 is 2.37 bits per heavy atom. The fraction of sp³-hybridized carbons (Fsp3) is 0.571. The lowest BCUT2D eigenvalue weighted by molar-refractivity contribution is 0.0755. The molecular formula is C28H43N3O4. The third kappa shape index (κ3) is 9.49. The molecule has 0 unspecified atom stereocenters. The lowest BCUT2D eigenvalue weighted by atomic mass is 10.0. The number of rotatable bonds is 15. The number of nitrogens with zero attached hydrogens (tertiary/aromatic N) is 1. The first-order valence-corrected chi connectivity index (χ1v) is 12.9. The quantitative estimate of drug-likeness (QED) is 0.329. The summed E-state index contributed by atoms with van der Waals surface area (Å²) >= 11 is 0. The maximum absolute atomic E-state index is 13.3. The molecule has 7 nitrogen and oxygen atoms in total. The van der Waals surface area contributed by atoms with Crippen LogP contribution in [0.15, 0.2) is 41.0 Å². The molecule has 2 aromatic rings. The molecule has 1 aromatic carbocycles. The van der Waals surface area contributed by atoms with Gasteiger partial charge in [-0.2, -0.15) is 0 Å². The van der Waals surface area contributed by atoms with E-state index in [0.29, 0.717) is 48.9 Å². The molecule has 0 spiro atoms. The first-order valence-electron chi connectivity index (χ1n) is 12.9. The van der Waals surface area contributed by atoms with Gasteiger partial charge in [0.15, 0.2) is 0 Å². The number of hydrogen-bond acceptors (Lipinski definition) is 5. The molecule has 0 saturated carbocycles. The van der Waals surface area contributed by atoms with Gasteiger partial charge in [0.1, 0.15) is 5.76 Å². The van der Waals surface area contributed by atoms with E-state index in [-0.39, 0.29) is 11.8 Å². The van der Waals surface area contributed by atoms with Crippen molar-refractivity contribution < 1.29 is 19.1 Å². The van der Waals surface area contributed by atoms with Crippen LogP contribution in [0.3, 0.4) is 0 Å². The van der Waals surface area contributed by atoms with Gasteiger partial charge < -0.3 is 25.1 Å². The van der Waals surface area contributed by atoms with E-state index in [2.05, 4.69) is 24.5 Å². The monoisotopic (exact) mass is 485 g/mol. The highest BCUT2D eigenvalue weighted by Crippen LogP contribution is 2.15. The predicted octanol–water partition coefficient (Wildman–Crippen LogP) is 4.19. The zero-order chi connectivity index (χ0) is 25.8. The summed E-state index contributed by atoms with van der Waals surface area (Å²) in [7, 11) is 0. The van der Waals surface area contributed by atoms with E-state index >= 15 is 0 Å². The third-order valence-corrected chi connectivity index (χ3v) is 5.89. The van der Waals surface area contributed by atoms with Gasteiger partial charge in [-0.25, -0.2) is 0 Å². The minimum atomic E-state index is -0.799. The van der Waals surface area contributed by atoms with E-state index in [1.54, 1.807) is 24.5 Å². The Kier molecular flexibility index (Phi) is 12.0. The van der Waals surface area contributed by atoms with Crippen LogP contribution in [0.5, 0.6) is 0 Å². The van der Waals surface area contributed by atoms with Crippen LogP contribution in [0, 0.1) is 12.8 Å². The van der Waals surface area contributed by atoms with E-state index in [9.17, 15) is 14.7 Å². The van der Waals surface area contributed by atoms with Gasteiger partial charge >= 0.3 is 0 Å². The van der Waals surface area contributed by atoms with Crippen molar-refractivity contribution in [3.63, 3.8) is 0 Å². The number of furan rings is 1. The molecule has 0 aliphatic carbocycles. The number of amides is 2. The molecule has 0 fully saturated rings. The molecule has 2 amide bonds. The molecule has 1 heterocycles. The molecule has 2 atom stereocenters. The minimum Gasteiger partial charge on any atom is -0.469 e. The molecule has 0 bridgehead atoms. The van der Waals surface area contributed by atoms with Crippen molar-refractivity contribution in [3.05, 3.63) is 59.0 Å². The predicted molar refractivity (Wildman–Crippen MR) is 140 cm³/mol. The Morgan fingerprint density at radius 2 is 1.77 bits per heavy atom. The fourth-order valence-corrected chi connectivity index (χ4v) is 4.04. The summed E-state index contributed by atoms with van der Waals surface area (Å²) in [6.45, 7) is 12.8. The average molecular weight is 486 g/mol. The average Bonchev–Trinajstić information content (AvgIpc) is 3.33. The molecule has 0 saturated heterocycles. The van der Waals surface area contributed by atoms with Gasteiger partial charge in [0, 0.05) is 37.2 Å². The van der Waals surface area contributed by atoms with Crippen LogP contribution in [0.25, 0.3) is 0 Å². The van der Waals surface area contributed by atoms with Crippen molar-refractivity contribution in [2.24, 2.45) is 5.92 Å². The fourth-order valence-electron chi connectivity index (χ4n) is 4.04. The largest absolute Gasteiger partial charge is 0.469 e. The Bertz CT molecular complexity index is 905. The zero-order valence-electron chi connectivity index (χ0n) is 22.0. The molecule has 0 aliphatic heterocycles. The number of benzene rings is 1. The third-order valence-electron chi connectivity index (χ3n) is 5.89. The number of carbonyl (C=O) groups excluding carboxylic acids is 2. The second-order valence-electron chi connectivity index (χ2n) is 9.70. The van der Waals surface area contributed by atoms with Crippen LogP contribution in [0.2, 0.25) is 0 Å². The molecule has 1 aromatic heterocycles. The highest BCUT2D eigenvalue weighted by atomic mass is 16.3. The number of aryl methyl sites for hydroxylation is 1. The van der Waals surface area contributed by atoms with E-state index in [4.69, 9.17) is 4.42 Å². The Morgan fingerprint density at radius 1 is 1.09 bits per heavy atom. The van der Waals surface area contributed by atoms with E-state index in [1.165, 1.54) is 0 Å². The number of nitrogens with one attached hydrogen (secondary N) is 2. The molecule has 3 N–H and O–H groups in total. The van der Waals surface area contributed by atoms with Crippen LogP contribution < -0.4 is 10.6 Å². The van der Waals surface area contributed by atoms with Gasteiger partial charge in [-0.3, -0.25) is 9.59 Å². The van der Waals surface area contributed by atoms with Crippen molar-refractivity contribution in [2.45, 2.75) is 72.4 Å². The van der Waals surface area contributed by atoms with E-state index < -0.39 is 12.1 Å². The van der Waals surface area contributed by atoms with Crippen molar-refractivity contribution in [2.75, 3.05) is 26.2 Å². The summed E-state index contributed by atoms with van der Waals surface area (Å²) in [6.07, 6.45) is 3.91. The van der Waals surface area contributed by atoms with Crippen molar-refractivity contribution >= 4 is 11.8 Å². The Labute approximate surface area is 210 Å². The van der Waals surface area contributed by atoms with Crippen LogP contribution in [-0.2, 0) is 6.42 Å². The second kappa shape index (κ2) is 14.7. The molecule has 0 radical (unpaired) electrons. The van der Waals surface area contributed by atoms with Crippen molar-refractivity contribution in [3.8, 4) is 0 Å². The summed E-state index contributed by atoms with van der Waals surface area (Å²) in [4.78, 5) is 28.2. The standard InChI is InChI=1S/C28H43N3O4/c1-6-12-31(13-7-2)28(34)23-16-21(5)15-22(17-23)27(33)30-25(18-24-9-8-14-35-24)26(32)19-29-11-10-20(3)4/h8-9,14-17,20,25-26,29,32H,6-7,10-13,18-19H2,1-5H3,(H,30,33)/t25-,26+/m0/s1. The highest BCUT2D eigenvalue weighted by Gasteiger charge is 2.24. The lowest BCUT2D eigenvalue weighted by Crippen LogP contribution is -2.49. The van der Waals surface area contributed by atoms with Gasteiger partial charge in [-0.15, -0.1) is 0 Å². The Hall–Kier alpha value is -2.64. The van der Waals surface area contributed by atoms with E-state index in [1.807, 2.05) is 37.8 Å². The topological polar surface area (TPSA) is 94.8 Å². The zero-order valence-corrected chi connectivity index (χ0v) is 22.0. The van der Waals surface area contributed by atoms with E-state index in [0.717, 1.165) is 31.4 Å². The first kappa shape index (κ1) is 28.6. The molecule has 194 valence electrons. The van der Waals surface area contributed by atoms with Crippen molar-refractivity contribution in [1.29, 1.82) is 0 Å². The van der Waals surface area contributed by atoms with Crippen LogP contribution in [0.4, 0.5) is 0 Å². The van der Waals surface area contributed by atoms with Crippen LogP contribution >= 0.6 is 0 Å². The summed E-state index contributed by atoms with van der Waals surface area (Å²) in [5.41, 5.74) is 1.76. The smallest absolute Gasteiger partial charge is 0.253 e. The number of carbonyl (C=O) groups is 2. The number of hydrogen-bond donors (Lipinski definition) is 3. The molecule has 35 heavy (non-hydrogen) atoms. The maximum Gasteiger partial charge on any atom is 0.253 e. The summed E-state index contributed by atoms with van der Waals surface area (Å²) in [5, 5.41) is 17.1. The van der Waals surface area contributed by atoms with Crippen LogP contribution in [-0.4, -0.2) is 60.1 Å². The SMILES string of the molecule is CCCN(CCC)C(=O)c1cc(C)cc(C(=O)N[C@@H](Cc2ccco2)[C@H](O)CNCCC(C)C)c1. The molecule has 0 aliphatic rings. The van der Waals surface area contributed by atoms with Gasteiger partial charge in [-0.05, 0) is 74.5 Å². The Balaban J connectivity index is 2.17. The summed E-state index contributed by atoms with van der Waals surface area (Å²) in [6, 6.07) is 8.32. The van der Waals surface area contributed by atoms with Crippen LogP contribution in [0.1, 0.15) is 79.0 Å². The first-order chi connectivity index (χ1) is 16.7. The number of aliphatic hydroxyl groups excluding tert-OH is 1. The van der Waals surface area contributed by atoms with Gasteiger partial charge in [-0.1, -0.05) is 27.7 Å². The van der Waals surface area contributed by atoms with Crippen molar-refractivity contribution in [1.82, 2.24) is 15.5 Å². The molecular weight excluding hydrogens is 442 g/mol.